The Morgan fingerprint density at radius 3 is 1.92 bits per heavy atom. The number of ketones is 1. The van der Waals surface area contributed by atoms with Crippen LogP contribution >= 0.6 is 0 Å². The van der Waals surface area contributed by atoms with Gasteiger partial charge in [0.05, 0.1) is 23.8 Å². The number of hydrogen-bond donors (Lipinski definition) is 2. The third-order valence-electron chi connectivity index (χ3n) is 8.90. The second-order valence-electron chi connectivity index (χ2n) is 16.3. The van der Waals surface area contributed by atoms with Crippen molar-refractivity contribution in [1.82, 2.24) is 0 Å². The lowest BCUT2D eigenvalue weighted by molar-refractivity contribution is -0.132. The molecule has 2 rings (SSSR count). The monoisotopic (exact) mass is 723 g/mol. The predicted octanol–water partition coefficient (Wildman–Crippen LogP) is 10.6. The zero-order valence-corrected chi connectivity index (χ0v) is 33.5. The topological polar surface area (TPSA) is 128 Å². The van der Waals surface area contributed by atoms with Crippen LogP contribution in [0.15, 0.2) is 30.3 Å². The number of aromatic carboxylic acids is 1. The van der Waals surface area contributed by atoms with E-state index in [1.165, 1.54) is 64.0 Å². The first-order valence-electron chi connectivity index (χ1n) is 19.2. The molecule has 0 saturated carbocycles. The van der Waals surface area contributed by atoms with Gasteiger partial charge >= 0.3 is 11.9 Å². The molecule has 290 valence electrons. The Hall–Kier alpha value is -3.88. The van der Waals surface area contributed by atoms with Crippen molar-refractivity contribution in [3.8, 4) is 17.2 Å². The molecule has 0 radical (unpaired) electrons. The minimum absolute atomic E-state index is 0.0525. The summed E-state index contributed by atoms with van der Waals surface area (Å²) in [6, 6.07) is 8.38. The molecule has 1 unspecified atom stereocenters. The van der Waals surface area contributed by atoms with E-state index in [4.69, 9.17) is 14.2 Å². The lowest BCUT2D eigenvalue weighted by Crippen LogP contribution is -2.27. The highest BCUT2D eigenvalue weighted by Crippen LogP contribution is 2.38. The van der Waals surface area contributed by atoms with Crippen LogP contribution in [0, 0.1) is 5.41 Å². The van der Waals surface area contributed by atoms with Crippen LogP contribution in [-0.4, -0.2) is 40.9 Å². The summed E-state index contributed by atoms with van der Waals surface area (Å²) >= 11 is 0. The fourth-order valence-corrected chi connectivity index (χ4v) is 6.00. The number of Topliss-reactive ketones (excluding diaryl/α,β-unsaturated/α-hetero) is 1. The number of carboxylic acid groups (broad SMARTS) is 1. The van der Waals surface area contributed by atoms with E-state index in [0.29, 0.717) is 29.2 Å². The molecule has 2 N–H and O–H groups in total. The summed E-state index contributed by atoms with van der Waals surface area (Å²) in [4.78, 5) is 50.2. The van der Waals surface area contributed by atoms with Crippen LogP contribution in [-0.2, 0) is 26.2 Å². The van der Waals surface area contributed by atoms with Gasteiger partial charge in [-0.3, -0.25) is 14.4 Å². The van der Waals surface area contributed by atoms with E-state index in [1.54, 1.807) is 32.9 Å². The fraction of sp³-hybridized carbons (Fsp3) is 0.628. The summed E-state index contributed by atoms with van der Waals surface area (Å²) in [6.45, 7) is 18.7. The average molecular weight is 724 g/mol. The number of ether oxygens (including phenoxy) is 3. The molecule has 0 bridgehead atoms. The number of amides is 1. The zero-order chi connectivity index (χ0) is 39.1. The average Bonchev–Trinajstić information content (AvgIpc) is 3.02. The van der Waals surface area contributed by atoms with Crippen molar-refractivity contribution in [2.75, 3.05) is 5.32 Å². The van der Waals surface area contributed by atoms with E-state index in [1.807, 2.05) is 40.7 Å². The fourth-order valence-electron chi connectivity index (χ4n) is 6.00. The normalized spacial score (nSPS) is 12.4. The first-order chi connectivity index (χ1) is 24.3. The molecular formula is C43H65NO8. The Morgan fingerprint density at radius 1 is 0.808 bits per heavy atom. The van der Waals surface area contributed by atoms with Gasteiger partial charge in [0.1, 0.15) is 29.1 Å². The molecule has 0 saturated heterocycles. The van der Waals surface area contributed by atoms with Gasteiger partial charge in [0, 0.05) is 29.9 Å². The first-order valence-corrected chi connectivity index (χ1v) is 19.2. The standard InChI is InChI=1S/C43H65NO8/c1-11-12-13-14-15-16-17-18-19-20-21-31(52-32-22-25-37(51-30(4)45)35(27-32)42(5,6)7)26-34-33(41(48)49)23-24-36(40(34)50-29(2)3)44-39(47)28-38(46)43(8,9)10/h22-25,27,29,31H,11-21,26,28H2,1-10H3,(H,44,47)(H,48,49). The molecule has 2 aromatic carbocycles. The van der Waals surface area contributed by atoms with Gasteiger partial charge in [-0.2, -0.15) is 0 Å². The molecule has 0 heterocycles. The van der Waals surface area contributed by atoms with Gasteiger partial charge in [-0.25, -0.2) is 4.79 Å². The summed E-state index contributed by atoms with van der Waals surface area (Å²) in [6.07, 6.45) is 11.6. The number of unbranched alkanes of at least 4 members (excludes halogenated alkanes) is 9. The van der Waals surface area contributed by atoms with Crippen LogP contribution in [0.1, 0.15) is 168 Å². The number of nitrogens with one attached hydrogen (secondary N) is 1. The minimum atomic E-state index is -1.12. The second kappa shape index (κ2) is 21.0. The molecule has 52 heavy (non-hydrogen) atoms. The van der Waals surface area contributed by atoms with E-state index in [-0.39, 0.29) is 41.5 Å². The zero-order valence-electron chi connectivity index (χ0n) is 33.5. The highest BCUT2D eigenvalue weighted by atomic mass is 16.5. The lowest BCUT2D eigenvalue weighted by atomic mass is 9.86. The van der Waals surface area contributed by atoms with E-state index in [2.05, 4.69) is 12.2 Å². The maximum Gasteiger partial charge on any atom is 0.336 e. The molecule has 1 atom stereocenters. The molecule has 1 amide bonds. The van der Waals surface area contributed by atoms with E-state index in [9.17, 15) is 24.3 Å². The molecule has 0 fully saturated rings. The molecule has 9 nitrogen and oxygen atoms in total. The number of rotatable bonds is 22. The number of esters is 1. The van der Waals surface area contributed by atoms with E-state index in [0.717, 1.165) is 24.8 Å². The van der Waals surface area contributed by atoms with Gasteiger partial charge in [-0.15, -0.1) is 0 Å². The summed E-state index contributed by atoms with van der Waals surface area (Å²) in [5, 5.41) is 13.2. The third kappa shape index (κ3) is 15.4. The van der Waals surface area contributed by atoms with Gasteiger partial charge in [0.15, 0.2) is 0 Å². The molecule has 2 aromatic rings. The largest absolute Gasteiger partial charge is 0.490 e. The number of carbonyl (C=O) groups excluding carboxylic acids is 3. The Kier molecular flexibility index (Phi) is 17.9. The molecule has 0 aliphatic carbocycles. The van der Waals surface area contributed by atoms with Crippen LogP contribution in [0.4, 0.5) is 5.69 Å². The smallest absolute Gasteiger partial charge is 0.336 e. The van der Waals surface area contributed by atoms with Gasteiger partial charge in [0.2, 0.25) is 5.91 Å². The Bertz CT molecular complexity index is 1480. The quantitative estimate of drug-likeness (QED) is 0.0532. The van der Waals surface area contributed by atoms with Crippen molar-refractivity contribution in [3.05, 3.63) is 47.0 Å². The first kappa shape index (κ1) is 44.3. The molecule has 0 aliphatic heterocycles. The predicted molar refractivity (Wildman–Crippen MR) is 208 cm³/mol. The number of hydrogen-bond acceptors (Lipinski definition) is 7. The lowest BCUT2D eigenvalue weighted by Gasteiger charge is -2.26. The third-order valence-corrected chi connectivity index (χ3v) is 8.90. The maximum absolute atomic E-state index is 13.1. The van der Waals surface area contributed by atoms with E-state index < -0.39 is 29.4 Å². The van der Waals surface area contributed by atoms with Gasteiger partial charge < -0.3 is 24.6 Å². The van der Waals surface area contributed by atoms with Crippen LogP contribution in [0.2, 0.25) is 0 Å². The van der Waals surface area contributed by atoms with Crippen molar-refractivity contribution in [1.29, 1.82) is 0 Å². The summed E-state index contributed by atoms with van der Waals surface area (Å²) < 4.78 is 18.4. The summed E-state index contributed by atoms with van der Waals surface area (Å²) in [5.74, 6) is -0.946. The Morgan fingerprint density at radius 2 is 1.40 bits per heavy atom. The minimum Gasteiger partial charge on any atom is -0.490 e. The highest BCUT2D eigenvalue weighted by Gasteiger charge is 2.28. The Labute approximate surface area is 312 Å². The number of benzene rings is 2. The van der Waals surface area contributed by atoms with Crippen LogP contribution < -0.4 is 19.5 Å². The molecule has 0 spiro atoms. The molecule has 0 aliphatic rings. The molecule has 0 aromatic heterocycles. The second-order valence-corrected chi connectivity index (χ2v) is 16.3. The summed E-state index contributed by atoms with van der Waals surface area (Å²) in [7, 11) is 0. The molecular weight excluding hydrogens is 658 g/mol. The van der Waals surface area contributed by atoms with Crippen LogP contribution in [0.3, 0.4) is 0 Å². The highest BCUT2D eigenvalue weighted by molar-refractivity contribution is 6.06. The van der Waals surface area contributed by atoms with E-state index >= 15 is 0 Å². The van der Waals surface area contributed by atoms with Crippen molar-refractivity contribution in [2.24, 2.45) is 5.41 Å². The number of carboxylic acids is 1. The van der Waals surface area contributed by atoms with Crippen LogP contribution in [0.25, 0.3) is 0 Å². The van der Waals surface area contributed by atoms with Crippen molar-refractivity contribution in [3.63, 3.8) is 0 Å². The van der Waals surface area contributed by atoms with Crippen molar-refractivity contribution >= 4 is 29.3 Å². The van der Waals surface area contributed by atoms with Crippen LogP contribution in [0.5, 0.6) is 17.2 Å². The maximum atomic E-state index is 13.1. The van der Waals surface area contributed by atoms with Crippen molar-refractivity contribution in [2.45, 2.75) is 170 Å². The Balaban J connectivity index is 2.49. The van der Waals surface area contributed by atoms with Gasteiger partial charge in [-0.1, -0.05) is 106 Å². The van der Waals surface area contributed by atoms with Gasteiger partial charge in [-0.05, 0) is 62.4 Å². The molecule has 9 heteroatoms. The number of anilines is 1. The summed E-state index contributed by atoms with van der Waals surface area (Å²) in [5.41, 5.74) is 0.532. The van der Waals surface area contributed by atoms with Gasteiger partial charge in [0.25, 0.3) is 0 Å². The SMILES string of the molecule is CCCCCCCCCCCCC(Cc1c(C(=O)O)ccc(NC(=O)CC(=O)C(C)(C)C)c1OC(C)C)Oc1ccc(OC(C)=O)c(C(C)(C)C)c1. The number of carbonyl (C=O) groups is 4. The van der Waals surface area contributed by atoms with Crippen molar-refractivity contribution < 1.29 is 38.5 Å².